The molecule has 2 aromatic rings. The van der Waals surface area contributed by atoms with Crippen LogP contribution in [0.5, 0.6) is 0 Å². The van der Waals surface area contributed by atoms with Crippen molar-refractivity contribution in [3.63, 3.8) is 0 Å². The Morgan fingerprint density at radius 3 is 2.36 bits per heavy atom. The summed E-state index contributed by atoms with van der Waals surface area (Å²) in [6, 6.07) is 0. The monoisotopic (exact) mass is 599 g/mol. The molecule has 216 valence electrons. The number of alkyl carbamates (subject to hydrolysis) is 1. The van der Waals surface area contributed by atoms with Crippen LogP contribution in [0.2, 0.25) is 0 Å². The van der Waals surface area contributed by atoms with E-state index < -0.39 is 11.7 Å². The second-order valence-electron chi connectivity index (χ2n) is 9.87. The van der Waals surface area contributed by atoms with Gasteiger partial charge in [-0.3, -0.25) is 14.4 Å². The maximum absolute atomic E-state index is 12.3. The molecule has 0 fully saturated rings. The van der Waals surface area contributed by atoms with Crippen molar-refractivity contribution >= 4 is 57.4 Å². The number of hydrogen-bond donors (Lipinski definition) is 4. The van der Waals surface area contributed by atoms with Gasteiger partial charge in [0.1, 0.15) is 27.7 Å². The van der Waals surface area contributed by atoms with Crippen molar-refractivity contribution in [3.8, 4) is 10.7 Å². The fourth-order valence-corrected chi connectivity index (χ4v) is 5.40. The van der Waals surface area contributed by atoms with E-state index in [9.17, 15) is 19.2 Å². The molecule has 0 aromatic carbocycles. The lowest BCUT2D eigenvalue weighted by atomic mass is 10.2. The summed E-state index contributed by atoms with van der Waals surface area (Å²) < 4.78 is 5.12. The maximum Gasteiger partial charge on any atom is 0.407 e. The molecule has 11 nitrogen and oxygen atoms in total. The van der Waals surface area contributed by atoms with E-state index in [2.05, 4.69) is 43.7 Å². The highest BCUT2D eigenvalue weighted by atomic mass is 32.2. The first-order valence-electron chi connectivity index (χ1n) is 12.7. The van der Waals surface area contributed by atoms with Crippen molar-refractivity contribution in [1.29, 1.82) is 0 Å². The molecule has 2 aromatic heterocycles. The molecule has 0 bridgehead atoms. The standard InChI is InChI=1S/C25H38N6O5S3/c1-25(2,3)36-24(35)28-10-6-8-19(32)29-14-20(33)26-12-9-21-30-18(16-37-21)23-31-17(15-38-23)22(34)27-11-7-13-39(4)5/h15-16H,6-14H2,1-5H3,(H3-,26,27,28,29,32,33,34,35)/p+1. The van der Waals surface area contributed by atoms with Crippen LogP contribution in [0, 0.1) is 0 Å². The van der Waals surface area contributed by atoms with Gasteiger partial charge in [0.2, 0.25) is 11.8 Å². The number of hydrogen-bond acceptors (Lipinski definition) is 9. The Morgan fingerprint density at radius 1 is 0.897 bits per heavy atom. The van der Waals surface area contributed by atoms with E-state index in [-0.39, 0.29) is 30.7 Å². The quantitative estimate of drug-likeness (QED) is 0.181. The first-order valence-corrected chi connectivity index (χ1v) is 16.6. The zero-order valence-corrected chi connectivity index (χ0v) is 25.6. The minimum Gasteiger partial charge on any atom is -0.444 e. The number of thiazole rings is 2. The summed E-state index contributed by atoms with van der Waals surface area (Å²) in [7, 11) is 0.367. The molecule has 2 rings (SSSR count). The van der Waals surface area contributed by atoms with Crippen molar-refractivity contribution in [2.24, 2.45) is 0 Å². The van der Waals surface area contributed by atoms with E-state index in [1.165, 1.54) is 22.7 Å². The number of rotatable bonds is 15. The summed E-state index contributed by atoms with van der Waals surface area (Å²) >= 11 is 2.84. The molecule has 0 aliphatic carbocycles. The molecule has 2 heterocycles. The third-order valence-electron chi connectivity index (χ3n) is 4.88. The second kappa shape index (κ2) is 16.4. The van der Waals surface area contributed by atoms with Gasteiger partial charge in [0.15, 0.2) is 0 Å². The predicted octanol–water partition coefficient (Wildman–Crippen LogP) is 2.34. The Kier molecular flexibility index (Phi) is 13.7. The SMILES string of the molecule is C[S+](C)CCCNC(=O)c1csc(-c2csc(CCNC(=O)CNC(=O)CCCNC(=O)OC(C)(C)C)n2)n1. The highest BCUT2D eigenvalue weighted by Gasteiger charge is 2.16. The van der Waals surface area contributed by atoms with Gasteiger partial charge < -0.3 is 26.0 Å². The molecule has 0 atom stereocenters. The Bertz CT molecular complexity index is 1100. The highest BCUT2D eigenvalue weighted by molar-refractivity contribution is 7.95. The van der Waals surface area contributed by atoms with Crippen LogP contribution in [-0.4, -0.2) is 83.8 Å². The van der Waals surface area contributed by atoms with Gasteiger partial charge in [-0.15, -0.1) is 22.7 Å². The Labute approximate surface area is 240 Å². The number of carbonyl (C=O) groups excluding carboxylic acids is 4. The summed E-state index contributed by atoms with van der Waals surface area (Å²) in [5.74, 6) is 0.354. The topological polar surface area (TPSA) is 151 Å². The predicted molar refractivity (Wildman–Crippen MR) is 157 cm³/mol. The molecule has 39 heavy (non-hydrogen) atoms. The third kappa shape index (κ3) is 13.8. The number of nitrogens with one attached hydrogen (secondary N) is 4. The number of amides is 4. The van der Waals surface area contributed by atoms with Gasteiger partial charge in [0.05, 0.1) is 24.1 Å². The number of carbonyl (C=O) groups is 4. The summed E-state index contributed by atoms with van der Waals surface area (Å²) in [6.07, 6.45) is 5.95. The lowest BCUT2D eigenvalue weighted by Crippen LogP contribution is -2.38. The van der Waals surface area contributed by atoms with Crippen molar-refractivity contribution in [1.82, 2.24) is 31.2 Å². The van der Waals surface area contributed by atoms with E-state index in [1.54, 1.807) is 26.2 Å². The van der Waals surface area contributed by atoms with Crippen LogP contribution in [0.1, 0.15) is 55.5 Å². The van der Waals surface area contributed by atoms with E-state index in [0.29, 0.717) is 59.8 Å². The molecule has 0 saturated heterocycles. The van der Waals surface area contributed by atoms with E-state index in [0.717, 1.165) is 17.2 Å². The summed E-state index contributed by atoms with van der Waals surface area (Å²) in [4.78, 5) is 56.8. The van der Waals surface area contributed by atoms with E-state index in [1.807, 2.05) is 5.38 Å². The largest absolute Gasteiger partial charge is 0.444 e. The molecule has 4 amide bonds. The smallest absolute Gasteiger partial charge is 0.407 e. The second-order valence-corrected chi connectivity index (χ2v) is 14.1. The molecular weight excluding hydrogens is 561 g/mol. The van der Waals surface area contributed by atoms with Crippen LogP contribution in [0.15, 0.2) is 10.8 Å². The number of aromatic nitrogens is 2. The molecule has 0 aliphatic heterocycles. The number of ether oxygens (including phenoxy) is 1. The fraction of sp³-hybridized carbons (Fsp3) is 0.600. The van der Waals surface area contributed by atoms with Gasteiger partial charge in [-0.25, -0.2) is 14.8 Å². The minimum atomic E-state index is -0.575. The Hall–Kier alpha value is -2.71. The van der Waals surface area contributed by atoms with Gasteiger partial charge in [0.25, 0.3) is 5.91 Å². The molecule has 0 aliphatic rings. The van der Waals surface area contributed by atoms with Crippen LogP contribution in [0.25, 0.3) is 10.7 Å². The van der Waals surface area contributed by atoms with Gasteiger partial charge in [-0.1, -0.05) is 0 Å². The van der Waals surface area contributed by atoms with E-state index >= 15 is 0 Å². The van der Waals surface area contributed by atoms with Crippen LogP contribution in [-0.2, 0) is 31.6 Å². The van der Waals surface area contributed by atoms with Gasteiger partial charge in [0, 0.05) is 49.7 Å². The van der Waals surface area contributed by atoms with Crippen LogP contribution >= 0.6 is 22.7 Å². The molecule has 0 spiro atoms. The molecule has 4 N–H and O–H groups in total. The summed E-state index contributed by atoms with van der Waals surface area (Å²) in [5, 5.41) is 16.0. The minimum absolute atomic E-state index is 0.122. The zero-order valence-electron chi connectivity index (χ0n) is 23.2. The highest BCUT2D eigenvalue weighted by Crippen LogP contribution is 2.25. The molecular formula is C25H39N6O5S3+. The van der Waals surface area contributed by atoms with Crippen LogP contribution < -0.4 is 21.3 Å². The Morgan fingerprint density at radius 2 is 1.64 bits per heavy atom. The van der Waals surface area contributed by atoms with Gasteiger partial charge in [-0.05, 0) is 38.1 Å². The average molecular weight is 600 g/mol. The lowest BCUT2D eigenvalue weighted by Gasteiger charge is -2.19. The first-order chi connectivity index (χ1) is 18.4. The van der Waals surface area contributed by atoms with Crippen LogP contribution in [0.4, 0.5) is 4.79 Å². The van der Waals surface area contributed by atoms with Crippen molar-refractivity contribution in [3.05, 3.63) is 21.5 Å². The first kappa shape index (κ1) is 32.5. The molecule has 0 radical (unpaired) electrons. The van der Waals surface area contributed by atoms with Gasteiger partial charge in [-0.2, -0.15) is 0 Å². The fourth-order valence-electron chi connectivity index (χ4n) is 3.07. The number of nitrogens with zero attached hydrogens (tertiary/aromatic N) is 2. The van der Waals surface area contributed by atoms with Crippen molar-refractivity contribution < 1.29 is 23.9 Å². The lowest BCUT2D eigenvalue weighted by molar-refractivity contribution is -0.126. The normalized spacial score (nSPS) is 11.2. The van der Waals surface area contributed by atoms with Crippen LogP contribution in [0.3, 0.4) is 0 Å². The molecule has 0 unspecified atom stereocenters. The third-order valence-corrected chi connectivity index (χ3v) is 7.76. The maximum atomic E-state index is 12.3. The van der Waals surface area contributed by atoms with Gasteiger partial charge >= 0.3 is 6.09 Å². The molecule has 14 heteroatoms. The van der Waals surface area contributed by atoms with E-state index in [4.69, 9.17) is 4.74 Å². The summed E-state index contributed by atoms with van der Waals surface area (Å²) in [6.45, 7) is 6.52. The average Bonchev–Trinajstić information content (AvgIpc) is 3.52. The molecule has 0 saturated carbocycles. The van der Waals surface area contributed by atoms with Crippen molar-refractivity contribution in [2.45, 2.75) is 52.1 Å². The van der Waals surface area contributed by atoms with Crippen molar-refractivity contribution in [2.75, 3.05) is 44.4 Å². The zero-order chi connectivity index (χ0) is 28.8. The Balaban J connectivity index is 1.62. The summed E-state index contributed by atoms with van der Waals surface area (Å²) in [5.41, 5.74) is 0.526.